The molecule has 72 valence electrons. The summed E-state index contributed by atoms with van der Waals surface area (Å²) < 4.78 is 0. The number of aliphatic hydroxyl groups excluding tert-OH is 1. The number of unbranched alkanes of at least 4 members (excludes halogenated alkanes) is 2. The van der Waals surface area contributed by atoms with Gasteiger partial charge in [-0.1, -0.05) is 26.7 Å². The van der Waals surface area contributed by atoms with Crippen LogP contribution in [0.1, 0.15) is 46.0 Å². The minimum Gasteiger partial charge on any atom is -0.396 e. The quantitative estimate of drug-likeness (QED) is 0.597. The fourth-order valence-corrected chi connectivity index (χ4v) is 1.25. The molecular formula is C10H20O2. The summed E-state index contributed by atoms with van der Waals surface area (Å²) in [5, 5.41) is 8.52. The van der Waals surface area contributed by atoms with Gasteiger partial charge in [-0.25, -0.2) is 0 Å². The molecule has 0 radical (unpaired) electrons. The highest BCUT2D eigenvalue weighted by Crippen LogP contribution is 2.11. The molecule has 12 heavy (non-hydrogen) atoms. The molecule has 0 aliphatic heterocycles. The maximum absolute atomic E-state index is 11.1. The normalized spacial score (nSPS) is 12.9. The van der Waals surface area contributed by atoms with E-state index in [9.17, 15) is 4.79 Å². The Hall–Kier alpha value is -0.370. The Morgan fingerprint density at radius 1 is 1.33 bits per heavy atom. The summed E-state index contributed by atoms with van der Waals surface area (Å²) in [6, 6.07) is 0. The molecule has 0 aliphatic carbocycles. The Labute approximate surface area is 75.0 Å². The van der Waals surface area contributed by atoms with Crippen LogP contribution >= 0.6 is 0 Å². The maximum atomic E-state index is 11.1. The lowest BCUT2D eigenvalue weighted by atomic mass is 9.97. The van der Waals surface area contributed by atoms with Crippen LogP contribution in [0.25, 0.3) is 0 Å². The number of hydrogen-bond donors (Lipinski definition) is 1. The first-order valence-corrected chi connectivity index (χ1v) is 4.86. The van der Waals surface area contributed by atoms with Crippen LogP contribution in [0, 0.1) is 5.92 Å². The van der Waals surface area contributed by atoms with Gasteiger partial charge in [-0.15, -0.1) is 0 Å². The van der Waals surface area contributed by atoms with E-state index in [0.717, 1.165) is 25.7 Å². The Morgan fingerprint density at radius 3 is 2.50 bits per heavy atom. The second-order valence-electron chi connectivity index (χ2n) is 3.29. The van der Waals surface area contributed by atoms with Crippen molar-refractivity contribution in [3.05, 3.63) is 0 Å². The van der Waals surface area contributed by atoms with Gasteiger partial charge in [0.25, 0.3) is 0 Å². The average molecular weight is 172 g/mol. The monoisotopic (exact) mass is 172 g/mol. The molecule has 0 heterocycles. The second kappa shape index (κ2) is 7.29. The van der Waals surface area contributed by atoms with Crippen LogP contribution in [0.4, 0.5) is 0 Å². The van der Waals surface area contributed by atoms with E-state index in [4.69, 9.17) is 5.11 Å². The Kier molecular flexibility index (Phi) is 7.06. The summed E-state index contributed by atoms with van der Waals surface area (Å²) in [4.78, 5) is 11.1. The van der Waals surface area contributed by atoms with Gasteiger partial charge >= 0.3 is 0 Å². The van der Waals surface area contributed by atoms with Gasteiger partial charge in [-0.05, 0) is 12.8 Å². The van der Waals surface area contributed by atoms with Crippen molar-refractivity contribution < 1.29 is 9.90 Å². The zero-order valence-electron chi connectivity index (χ0n) is 8.18. The SMILES string of the molecule is CCC(=O)C(C)CCCCCO. The van der Waals surface area contributed by atoms with Gasteiger partial charge in [0.15, 0.2) is 0 Å². The molecule has 0 saturated carbocycles. The van der Waals surface area contributed by atoms with Crippen LogP contribution in [-0.2, 0) is 4.79 Å². The minimum absolute atomic E-state index is 0.216. The molecule has 0 saturated heterocycles. The Bertz CT molecular complexity index is 121. The number of ketones is 1. The van der Waals surface area contributed by atoms with Crippen molar-refractivity contribution in [3.63, 3.8) is 0 Å². The molecular weight excluding hydrogens is 152 g/mol. The lowest BCUT2D eigenvalue weighted by molar-refractivity contribution is -0.122. The van der Waals surface area contributed by atoms with Gasteiger partial charge in [0.05, 0.1) is 0 Å². The second-order valence-corrected chi connectivity index (χ2v) is 3.29. The fraction of sp³-hybridized carbons (Fsp3) is 0.900. The molecule has 0 aromatic rings. The van der Waals surface area contributed by atoms with Crippen molar-refractivity contribution in [3.8, 4) is 0 Å². The predicted molar refractivity (Wildman–Crippen MR) is 50.0 cm³/mol. The third-order valence-electron chi connectivity index (χ3n) is 2.19. The van der Waals surface area contributed by atoms with Crippen LogP contribution in [0.2, 0.25) is 0 Å². The van der Waals surface area contributed by atoms with Gasteiger partial charge in [0.1, 0.15) is 5.78 Å². The van der Waals surface area contributed by atoms with Crippen LogP contribution in [0.3, 0.4) is 0 Å². The first kappa shape index (κ1) is 11.6. The molecule has 0 aliphatic rings. The maximum Gasteiger partial charge on any atom is 0.135 e. The van der Waals surface area contributed by atoms with Gasteiger partial charge in [0, 0.05) is 18.9 Å². The summed E-state index contributed by atoms with van der Waals surface area (Å²) in [5.74, 6) is 0.577. The minimum atomic E-state index is 0.216. The Morgan fingerprint density at radius 2 is 2.00 bits per heavy atom. The van der Waals surface area contributed by atoms with Crippen molar-refractivity contribution in [1.82, 2.24) is 0 Å². The molecule has 0 aromatic carbocycles. The topological polar surface area (TPSA) is 37.3 Å². The summed E-state index contributed by atoms with van der Waals surface area (Å²) in [7, 11) is 0. The summed E-state index contributed by atoms with van der Waals surface area (Å²) >= 11 is 0. The number of carbonyl (C=O) groups excluding carboxylic acids is 1. The number of carbonyl (C=O) groups is 1. The van der Waals surface area contributed by atoms with E-state index in [2.05, 4.69) is 0 Å². The van der Waals surface area contributed by atoms with E-state index in [0.29, 0.717) is 12.2 Å². The van der Waals surface area contributed by atoms with E-state index in [1.165, 1.54) is 0 Å². The van der Waals surface area contributed by atoms with Crippen LogP contribution in [-0.4, -0.2) is 17.5 Å². The highest BCUT2D eigenvalue weighted by molar-refractivity contribution is 5.80. The molecule has 0 aromatic heterocycles. The zero-order chi connectivity index (χ0) is 9.40. The highest BCUT2D eigenvalue weighted by atomic mass is 16.2. The van der Waals surface area contributed by atoms with Gasteiger partial charge in [-0.2, -0.15) is 0 Å². The first-order chi connectivity index (χ1) is 5.72. The lowest BCUT2D eigenvalue weighted by Gasteiger charge is -2.07. The molecule has 1 unspecified atom stereocenters. The van der Waals surface area contributed by atoms with Crippen molar-refractivity contribution in [1.29, 1.82) is 0 Å². The van der Waals surface area contributed by atoms with Crippen molar-refractivity contribution in [2.45, 2.75) is 46.0 Å². The highest BCUT2D eigenvalue weighted by Gasteiger charge is 2.09. The van der Waals surface area contributed by atoms with Gasteiger partial charge < -0.3 is 5.11 Å². The van der Waals surface area contributed by atoms with Crippen LogP contribution in [0.15, 0.2) is 0 Å². The first-order valence-electron chi connectivity index (χ1n) is 4.86. The molecule has 0 spiro atoms. The molecule has 2 nitrogen and oxygen atoms in total. The van der Waals surface area contributed by atoms with E-state index < -0.39 is 0 Å². The van der Waals surface area contributed by atoms with Crippen molar-refractivity contribution in [2.24, 2.45) is 5.92 Å². The number of Topliss-reactive ketones (excluding diaryl/α,β-unsaturated/α-hetero) is 1. The largest absolute Gasteiger partial charge is 0.396 e. The van der Waals surface area contributed by atoms with Crippen LogP contribution in [0.5, 0.6) is 0 Å². The van der Waals surface area contributed by atoms with Gasteiger partial charge in [-0.3, -0.25) is 4.79 Å². The summed E-state index contributed by atoms with van der Waals surface area (Å²) in [5.41, 5.74) is 0. The van der Waals surface area contributed by atoms with E-state index >= 15 is 0 Å². The van der Waals surface area contributed by atoms with E-state index in [1.54, 1.807) is 0 Å². The molecule has 1 atom stereocenters. The molecule has 2 heteroatoms. The third kappa shape index (κ3) is 5.30. The van der Waals surface area contributed by atoms with E-state index in [-0.39, 0.29) is 12.5 Å². The lowest BCUT2D eigenvalue weighted by Crippen LogP contribution is -2.08. The van der Waals surface area contributed by atoms with Crippen LogP contribution < -0.4 is 0 Å². The zero-order valence-corrected chi connectivity index (χ0v) is 8.18. The standard InChI is InChI=1S/C10H20O2/c1-3-10(12)9(2)7-5-4-6-8-11/h9,11H,3-8H2,1-2H3. The smallest absolute Gasteiger partial charge is 0.135 e. The van der Waals surface area contributed by atoms with E-state index in [1.807, 2.05) is 13.8 Å². The molecule has 0 bridgehead atoms. The molecule has 1 N–H and O–H groups in total. The fourth-order valence-electron chi connectivity index (χ4n) is 1.25. The molecule has 0 rings (SSSR count). The average Bonchev–Trinajstić information content (AvgIpc) is 2.10. The molecule has 0 fully saturated rings. The Balaban J connectivity index is 3.31. The van der Waals surface area contributed by atoms with Crippen molar-refractivity contribution >= 4 is 5.78 Å². The summed E-state index contributed by atoms with van der Waals surface area (Å²) in [6.07, 6.45) is 4.60. The van der Waals surface area contributed by atoms with Crippen molar-refractivity contribution in [2.75, 3.05) is 6.61 Å². The predicted octanol–water partition coefficient (Wildman–Crippen LogP) is 2.15. The van der Waals surface area contributed by atoms with Gasteiger partial charge in [0.2, 0.25) is 0 Å². The number of aliphatic hydroxyl groups is 1. The number of hydrogen-bond acceptors (Lipinski definition) is 2. The molecule has 0 amide bonds. The summed E-state index contributed by atoms with van der Waals surface area (Å²) in [6.45, 7) is 4.17. The third-order valence-corrected chi connectivity index (χ3v) is 2.19. The number of rotatable bonds is 7.